The molecule has 0 spiro atoms. The summed E-state index contributed by atoms with van der Waals surface area (Å²) >= 11 is 5.47. The van der Waals surface area contributed by atoms with E-state index < -0.39 is 17.8 Å². The van der Waals surface area contributed by atoms with E-state index in [0.717, 1.165) is 38.5 Å². The van der Waals surface area contributed by atoms with E-state index in [2.05, 4.69) is 10.6 Å². The number of amides is 1. The number of ether oxygens (including phenoxy) is 1. The van der Waals surface area contributed by atoms with Crippen LogP contribution in [0.2, 0.25) is 0 Å². The van der Waals surface area contributed by atoms with Crippen LogP contribution in [0.25, 0.3) is 0 Å². The Hall–Kier alpha value is -1.57. The minimum atomic E-state index is -1.90. The predicted octanol–water partition coefficient (Wildman–Crippen LogP) is 4.29. The van der Waals surface area contributed by atoms with E-state index in [4.69, 9.17) is 17.0 Å². The molecule has 1 saturated carbocycles. The van der Waals surface area contributed by atoms with Crippen molar-refractivity contribution in [3.63, 3.8) is 0 Å². The first-order valence-electron chi connectivity index (χ1n) is 11.5. The number of carbonyl (C=O) groups excluding carboxylic acids is 1. The molecule has 0 unspecified atom stereocenters. The van der Waals surface area contributed by atoms with Gasteiger partial charge in [0.05, 0.1) is 19.3 Å². The maximum absolute atomic E-state index is 16.4. The van der Waals surface area contributed by atoms with Gasteiger partial charge in [0.2, 0.25) is 0 Å². The Morgan fingerprint density at radius 1 is 1.16 bits per heavy atom. The summed E-state index contributed by atoms with van der Waals surface area (Å²) in [5.41, 5.74) is -2.60. The minimum absolute atomic E-state index is 0.0539. The molecule has 172 valence electrons. The second-order valence-corrected chi connectivity index (χ2v) is 9.50. The topological polar surface area (TPSA) is 70.6 Å². The van der Waals surface area contributed by atoms with Crippen molar-refractivity contribution in [1.82, 2.24) is 10.6 Å². The van der Waals surface area contributed by atoms with Gasteiger partial charge in [0.15, 0.2) is 10.8 Å². The number of thiocarbonyl (C=S) groups is 1. The van der Waals surface area contributed by atoms with Crippen molar-refractivity contribution >= 4 is 23.2 Å². The summed E-state index contributed by atoms with van der Waals surface area (Å²) in [5, 5.41) is 16.1. The molecule has 1 aromatic rings. The molecule has 1 aliphatic heterocycles. The van der Waals surface area contributed by atoms with Crippen LogP contribution >= 0.6 is 12.2 Å². The number of benzene rings is 1. The van der Waals surface area contributed by atoms with Gasteiger partial charge in [-0.1, -0.05) is 56.7 Å². The van der Waals surface area contributed by atoms with Crippen LogP contribution in [0.1, 0.15) is 75.1 Å². The number of aliphatic hydroxyl groups excluding tert-OH is 1. The highest BCUT2D eigenvalue weighted by Gasteiger charge is 2.59. The second-order valence-electron chi connectivity index (χ2n) is 9.09. The summed E-state index contributed by atoms with van der Waals surface area (Å²) in [6, 6.07) is 8.78. The first-order chi connectivity index (χ1) is 14.9. The maximum atomic E-state index is 16.4. The second kappa shape index (κ2) is 10.8. The number of halogens is 1. The molecule has 7 heteroatoms. The summed E-state index contributed by atoms with van der Waals surface area (Å²) in [5.74, 6) is -0.400. The van der Waals surface area contributed by atoms with Crippen molar-refractivity contribution < 1.29 is 19.0 Å². The molecule has 2 fully saturated rings. The summed E-state index contributed by atoms with van der Waals surface area (Å²) in [6.45, 7) is 1.32. The zero-order valence-corrected chi connectivity index (χ0v) is 19.2. The largest absolute Gasteiger partial charge is 0.393 e. The fourth-order valence-electron chi connectivity index (χ4n) is 5.16. The van der Waals surface area contributed by atoms with E-state index in [-0.39, 0.29) is 36.1 Å². The lowest BCUT2D eigenvalue weighted by Gasteiger charge is -2.54. The van der Waals surface area contributed by atoms with Crippen molar-refractivity contribution in [2.24, 2.45) is 5.92 Å². The Balaban J connectivity index is 1.86. The Labute approximate surface area is 190 Å². The van der Waals surface area contributed by atoms with Crippen molar-refractivity contribution in [2.75, 3.05) is 13.2 Å². The summed E-state index contributed by atoms with van der Waals surface area (Å²) in [6.07, 6.45) is 8.13. The zero-order valence-electron chi connectivity index (χ0n) is 18.4. The van der Waals surface area contributed by atoms with Crippen LogP contribution in [0.4, 0.5) is 4.39 Å². The van der Waals surface area contributed by atoms with Crippen LogP contribution in [0.15, 0.2) is 30.3 Å². The number of nitrogens with one attached hydrogen (secondary N) is 2. The number of alkyl halides is 1. The zero-order chi connectivity index (χ0) is 22.3. The molecule has 2 aliphatic rings. The lowest BCUT2D eigenvalue weighted by molar-refractivity contribution is -0.160. The number of rotatable bonds is 4. The normalized spacial score (nSPS) is 30.5. The van der Waals surface area contributed by atoms with Gasteiger partial charge in [-0.05, 0) is 50.0 Å². The Bertz CT molecular complexity index is 740. The van der Waals surface area contributed by atoms with Gasteiger partial charge in [-0.25, -0.2) is 4.39 Å². The Morgan fingerprint density at radius 2 is 1.77 bits per heavy atom. The first kappa shape index (κ1) is 24.1. The number of hydrogen-bond donors (Lipinski definition) is 3. The fraction of sp³-hybridized carbons (Fsp3) is 0.667. The summed E-state index contributed by atoms with van der Waals surface area (Å²) in [4.78, 5) is 12.6. The average molecular weight is 451 g/mol. The first-order valence-corrected chi connectivity index (χ1v) is 11.9. The van der Waals surface area contributed by atoms with Gasteiger partial charge in [-0.15, -0.1) is 0 Å². The molecule has 3 atom stereocenters. The Kier molecular flexibility index (Phi) is 8.42. The molecular formula is C24H35FN2O3S. The molecule has 1 heterocycles. The van der Waals surface area contributed by atoms with Gasteiger partial charge in [0.1, 0.15) is 5.54 Å². The van der Waals surface area contributed by atoms with E-state index >= 15 is 4.39 Å². The van der Waals surface area contributed by atoms with Gasteiger partial charge < -0.3 is 15.2 Å². The number of hydrogen-bond acceptors (Lipinski definition) is 4. The van der Waals surface area contributed by atoms with E-state index in [9.17, 15) is 9.90 Å². The van der Waals surface area contributed by atoms with Gasteiger partial charge in [-0.2, -0.15) is 0 Å². The van der Waals surface area contributed by atoms with Crippen LogP contribution in [0.5, 0.6) is 0 Å². The monoisotopic (exact) mass is 450 g/mol. The van der Waals surface area contributed by atoms with Gasteiger partial charge >= 0.3 is 0 Å². The van der Waals surface area contributed by atoms with Crippen LogP contribution in [-0.4, -0.2) is 46.7 Å². The van der Waals surface area contributed by atoms with Gasteiger partial charge in [-0.3, -0.25) is 10.1 Å². The molecule has 1 aromatic carbocycles. The maximum Gasteiger partial charge on any atom is 0.257 e. The molecule has 1 aliphatic carbocycles. The quantitative estimate of drug-likeness (QED) is 0.597. The predicted molar refractivity (Wildman–Crippen MR) is 124 cm³/mol. The highest BCUT2D eigenvalue weighted by Crippen LogP contribution is 2.45. The van der Waals surface area contributed by atoms with Crippen LogP contribution in [-0.2, 0) is 4.74 Å². The highest BCUT2D eigenvalue weighted by atomic mass is 32.1. The van der Waals surface area contributed by atoms with E-state index in [1.807, 2.05) is 13.0 Å². The number of carbonyl (C=O) groups is 1. The molecule has 1 amide bonds. The van der Waals surface area contributed by atoms with E-state index in [0.29, 0.717) is 5.56 Å². The smallest absolute Gasteiger partial charge is 0.257 e. The highest BCUT2D eigenvalue weighted by molar-refractivity contribution is 7.80. The van der Waals surface area contributed by atoms with Crippen LogP contribution < -0.4 is 10.6 Å². The lowest BCUT2D eigenvalue weighted by atomic mass is 9.66. The molecular weight excluding hydrogens is 415 g/mol. The van der Waals surface area contributed by atoms with E-state index in [1.54, 1.807) is 24.3 Å². The number of aliphatic hydroxyl groups is 1. The van der Waals surface area contributed by atoms with Crippen molar-refractivity contribution in [2.45, 2.75) is 82.0 Å². The van der Waals surface area contributed by atoms with E-state index in [1.165, 1.54) is 12.8 Å². The molecule has 3 rings (SSSR count). The molecule has 0 aromatic heterocycles. The molecule has 3 N–H and O–H groups in total. The SMILES string of the molecule is C[C@H]1C[C@@](F)(CO)[C@](NC(=S)NC(=O)c2ccccc2)(C2CCCCCCCC2)CO1. The Morgan fingerprint density at radius 3 is 2.39 bits per heavy atom. The van der Waals surface area contributed by atoms with Crippen molar-refractivity contribution in [3.8, 4) is 0 Å². The third-order valence-corrected chi connectivity index (χ3v) is 7.11. The van der Waals surface area contributed by atoms with Gasteiger partial charge in [0.25, 0.3) is 5.91 Å². The standard InChI is InChI=1S/C24H35FN2O3S/c1-18-15-23(25,16-28)24(17-30-18,20-13-9-4-2-3-5-10-14-20)27-22(31)26-21(29)19-11-7-6-8-12-19/h6-8,11-12,18,20,28H,2-5,9-10,13-17H2,1H3,(H2,26,27,29,31)/t18-,23+,24+/m0/s1. The van der Waals surface area contributed by atoms with Crippen LogP contribution in [0.3, 0.4) is 0 Å². The summed E-state index contributed by atoms with van der Waals surface area (Å²) in [7, 11) is 0. The fourth-order valence-corrected chi connectivity index (χ4v) is 5.44. The average Bonchev–Trinajstić information content (AvgIpc) is 2.90. The van der Waals surface area contributed by atoms with Crippen molar-refractivity contribution in [3.05, 3.63) is 35.9 Å². The van der Waals surface area contributed by atoms with Gasteiger partial charge in [0, 0.05) is 12.0 Å². The molecule has 0 radical (unpaired) electrons. The lowest BCUT2D eigenvalue weighted by Crippen LogP contribution is -2.74. The molecule has 1 saturated heterocycles. The molecule has 5 nitrogen and oxygen atoms in total. The third-order valence-electron chi connectivity index (χ3n) is 6.91. The van der Waals surface area contributed by atoms with Crippen molar-refractivity contribution in [1.29, 1.82) is 0 Å². The third kappa shape index (κ3) is 5.62. The molecule has 0 bridgehead atoms. The minimum Gasteiger partial charge on any atom is -0.393 e. The van der Waals surface area contributed by atoms with Crippen LogP contribution in [0, 0.1) is 5.92 Å². The summed E-state index contributed by atoms with van der Waals surface area (Å²) < 4.78 is 22.4. The molecule has 31 heavy (non-hydrogen) atoms.